The third-order valence-electron chi connectivity index (χ3n) is 4.80. The van der Waals surface area contributed by atoms with Gasteiger partial charge in [-0.1, -0.05) is 72.8 Å². The molecule has 0 aliphatic heterocycles. The zero-order chi connectivity index (χ0) is 34.9. The number of hydrogen-bond donors (Lipinski definition) is 4. The topological polar surface area (TPSA) is 212 Å². The van der Waals surface area contributed by atoms with Gasteiger partial charge in [-0.25, -0.2) is 0 Å². The Bertz CT molecular complexity index is 1240. The van der Waals surface area contributed by atoms with Crippen LogP contribution in [0.5, 0.6) is 0 Å². The molecule has 4 aromatic rings. The van der Waals surface area contributed by atoms with Gasteiger partial charge >= 0.3 is 17.1 Å². The molecule has 257 valence electrons. The first kappa shape index (κ1) is 49.2. The molecule has 0 amide bonds. The number of hydrogen-bond acceptors (Lipinski definition) is 12. The van der Waals surface area contributed by atoms with Gasteiger partial charge in [0.05, 0.1) is 23.5 Å². The monoisotopic (exact) mass is 707 g/mol. The molecule has 0 fully saturated rings. The van der Waals surface area contributed by atoms with Gasteiger partial charge in [0.15, 0.2) is 0 Å². The number of nitrogens with zero attached hydrogens (tertiary/aromatic N) is 4. The summed E-state index contributed by atoms with van der Waals surface area (Å²) in [6, 6.07) is 32.4. The van der Waals surface area contributed by atoms with Crippen LogP contribution in [0.4, 0.5) is 0 Å². The van der Waals surface area contributed by atoms with E-state index in [1.54, 1.807) is 12.4 Å². The van der Waals surface area contributed by atoms with Gasteiger partial charge in [-0.05, 0) is 49.2 Å². The standard InChI is InChI=1S/2C14H14N2.4CH4O.Cu.H2O4S/c2*1-12(13-7-3-2-4-8-13)16-11-14-9-5-6-10-15-14;4*1-2;;1-5(2,3)4/h2*2-12H,1H3;4*2H,1H3;;(H2,1,2,3,4)/q;;;;;;+2;/p-2/t2*12-;;;;;;/m00....../s1. The summed E-state index contributed by atoms with van der Waals surface area (Å²) in [6.45, 7) is 4.16. The van der Waals surface area contributed by atoms with Crippen LogP contribution < -0.4 is 0 Å². The number of aliphatic hydroxyl groups excluding tert-OH is 4. The molecule has 12 nitrogen and oxygen atoms in total. The van der Waals surface area contributed by atoms with Gasteiger partial charge < -0.3 is 29.5 Å². The molecule has 0 aliphatic carbocycles. The maximum absolute atomic E-state index is 8.52. The largest absolute Gasteiger partial charge is 2.00 e. The second kappa shape index (κ2) is 34.2. The van der Waals surface area contributed by atoms with Crippen LogP contribution >= 0.6 is 0 Å². The molecule has 0 spiro atoms. The van der Waals surface area contributed by atoms with E-state index in [9.17, 15) is 0 Å². The van der Waals surface area contributed by atoms with E-state index in [2.05, 4.69) is 58.1 Å². The molecule has 2 aromatic heterocycles. The van der Waals surface area contributed by atoms with Crippen molar-refractivity contribution in [2.75, 3.05) is 28.4 Å². The Morgan fingerprint density at radius 1 is 0.565 bits per heavy atom. The van der Waals surface area contributed by atoms with Gasteiger partial charge in [0, 0.05) is 63.7 Å². The molecule has 0 aliphatic rings. The minimum absolute atomic E-state index is 0. The van der Waals surface area contributed by atoms with Crippen molar-refractivity contribution in [3.8, 4) is 0 Å². The molecule has 14 heteroatoms. The molecule has 4 rings (SSSR count). The van der Waals surface area contributed by atoms with Crippen molar-refractivity contribution in [2.45, 2.75) is 25.9 Å². The average Bonchev–Trinajstić information content (AvgIpc) is 3.11. The second-order valence-corrected chi connectivity index (χ2v) is 8.46. The number of rotatable bonds is 6. The second-order valence-electron chi connectivity index (χ2n) is 7.65. The van der Waals surface area contributed by atoms with Crippen LogP contribution in [-0.2, 0) is 27.5 Å². The number of pyridine rings is 2. The van der Waals surface area contributed by atoms with Crippen LogP contribution in [0.2, 0.25) is 0 Å². The fraction of sp³-hybridized carbons (Fsp3) is 0.250. The van der Waals surface area contributed by atoms with Crippen molar-refractivity contribution in [2.24, 2.45) is 9.98 Å². The van der Waals surface area contributed by atoms with Crippen LogP contribution in [-0.4, -0.2) is 88.8 Å². The van der Waals surface area contributed by atoms with Crippen LogP contribution in [0.1, 0.15) is 48.4 Å². The van der Waals surface area contributed by atoms with Crippen molar-refractivity contribution in [3.63, 3.8) is 0 Å². The first-order valence-corrected chi connectivity index (χ1v) is 14.5. The summed E-state index contributed by atoms with van der Waals surface area (Å²) in [6.07, 6.45) is 7.18. The summed E-state index contributed by atoms with van der Waals surface area (Å²) in [5, 5.41) is 28.0. The van der Waals surface area contributed by atoms with E-state index in [1.807, 2.05) is 85.2 Å². The smallest absolute Gasteiger partial charge is 0.759 e. The molecule has 0 saturated carbocycles. The zero-order valence-electron chi connectivity index (χ0n) is 26.6. The number of benzene rings is 2. The summed E-state index contributed by atoms with van der Waals surface area (Å²) >= 11 is 0. The molecular formula is C32H44CuN4O8S. The summed E-state index contributed by atoms with van der Waals surface area (Å²) in [5.41, 5.74) is 4.22. The zero-order valence-corrected chi connectivity index (χ0v) is 28.4. The normalized spacial score (nSPS) is 10.7. The molecule has 0 saturated heterocycles. The van der Waals surface area contributed by atoms with E-state index >= 15 is 0 Å². The molecule has 1 radical (unpaired) electrons. The summed E-state index contributed by atoms with van der Waals surface area (Å²) < 4.78 is 34.1. The quantitative estimate of drug-likeness (QED) is 0.0989. The van der Waals surface area contributed by atoms with Crippen LogP contribution in [0, 0.1) is 0 Å². The van der Waals surface area contributed by atoms with Crippen molar-refractivity contribution in [1.29, 1.82) is 0 Å². The SMILES string of the molecule is CO.CO.CO.CO.C[C@H](N=Cc1ccccn1)c1ccccc1.C[C@H](N=Cc1ccccn1)c1ccccc1.O=S(=O)([O-])[O-].[Cu+2]. The fourth-order valence-corrected chi connectivity index (χ4v) is 2.92. The number of aliphatic hydroxyl groups is 4. The third kappa shape index (κ3) is 29.0. The Hall–Kier alpha value is -3.69. The van der Waals surface area contributed by atoms with Gasteiger partial charge in [0.25, 0.3) is 0 Å². The predicted octanol–water partition coefficient (Wildman–Crippen LogP) is 3.62. The first-order chi connectivity index (χ1) is 21.7. The van der Waals surface area contributed by atoms with E-state index in [0.29, 0.717) is 0 Å². The van der Waals surface area contributed by atoms with E-state index < -0.39 is 10.4 Å². The molecule has 2 aromatic carbocycles. The molecule has 2 heterocycles. The molecule has 46 heavy (non-hydrogen) atoms. The van der Waals surface area contributed by atoms with E-state index in [-0.39, 0.29) is 29.2 Å². The Balaban J connectivity index is -0.000000278. The molecular weight excluding hydrogens is 664 g/mol. The van der Waals surface area contributed by atoms with E-state index in [0.717, 1.165) is 39.8 Å². The van der Waals surface area contributed by atoms with Gasteiger partial charge in [-0.15, -0.1) is 0 Å². The Morgan fingerprint density at radius 3 is 1.07 bits per heavy atom. The molecule has 0 bridgehead atoms. The minimum Gasteiger partial charge on any atom is -0.759 e. The first-order valence-electron chi connectivity index (χ1n) is 13.2. The van der Waals surface area contributed by atoms with E-state index in [1.165, 1.54) is 11.1 Å². The number of aromatic nitrogens is 2. The summed E-state index contributed by atoms with van der Waals surface area (Å²) in [4.78, 5) is 17.3. The average molecular weight is 708 g/mol. The van der Waals surface area contributed by atoms with Crippen molar-refractivity contribution in [1.82, 2.24) is 9.97 Å². The van der Waals surface area contributed by atoms with Crippen molar-refractivity contribution < 1.29 is 55.0 Å². The third-order valence-corrected chi connectivity index (χ3v) is 4.80. The maximum Gasteiger partial charge on any atom is 2.00 e. The van der Waals surface area contributed by atoms with Crippen molar-refractivity contribution in [3.05, 3.63) is 132 Å². The summed E-state index contributed by atoms with van der Waals surface area (Å²) in [7, 11) is -1.17. The number of aliphatic imine (C=N–C) groups is 2. The van der Waals surface area contributed by atoms with Gasteiger partial charge in [-0.3, -0.25) is 28.4 Å². The predicted molar refractivity (Wildman–Crippen MR) is 176 cm³/mol. The van der Waals surface area contributed by atoms with Crippen LogP contribution in [0.25, 0.3) is 0 Å². The van der Waals surface area contributed by atoms with Crippen molar-refractivity contribution >= 4 is 22.8 Å². The minimum atomic E-state index is -5.17. The Morgan fingerprint density at radius 2 is 0.826 bits per heavy atom. The van der Waals surface area contributed by atoms with E-state index in [4.69, 9.17) is 37.9 Å². The van der Waals surface area contributed by atoms with Crippen LogP contribution in [0.3, 0.4) is 0 Å². The Kier molecular flexibility index (Phi) is 36.6. The van der Waals surface area contributed by atoms with Gasteiger partial charge in [0.1, 0.15) is 0 Å². The molecule has 2 atom stereocenters. The Labute approximate surface area is 283 Å². The molecule has 0 unspecified atom stereocenters. The van der Waals surface area contributed by atoms with Gasteiger partial charge in [-0.2, -0.15) is 0 Å². The van der Waals surface area contributed by atoms with Gasteiger partial charge in [0.2, 0.25) is 0 Å². The molecule has 4 N–H and O–H groups in total. The maximum atomic E-state index is 8.52. The fourth-order valence-electron chi connectivity index (χ4n) is 2.92. The van der Waals surface area contributed by atoms with Crippen LogP contribution in [0.15, 0.2) is 119 Å². The summed E-state index contributed by atoms with van der Waals surface area (Å²) in [5.74, 6) is 0.